The Bertz CT molecular complexity index is 762. The zero-order valence-electron chi connectivity index (χ0n) is 11.7. The van der Waals surface area contributed by atoms with Crippen LogP contribution >= 0.6 is 0 Å². The predicted molar refractivity (Wildman–Crippen MR) is 86.2 cm³/mol. The largest absolute Gasteiger partial charge is 0.233 e. The average molecular weight is 313 g/mol. The quantitative estimate of drug-likeness (QED) is 0.710. The Morgan fingerprint density at radius 2 is 1.59 bits per heavy atom. The standard InChI is InChI=1S/C16H15N3O2S/c20-22(21)17-12-14-11-16(13-7-3-1-4-8-13)19(18-14)15-9-5-2-6-10-15/h1-11,22H,12H2,(H,17,20,21). The highest BCUT2D eigenvalue weighted by Crippen LogP contribution is 2.23. The summed E-state index contributed by atoms with van der Waals surface area (Å²) in [5.74, 6) is 0. The molecule has 3 rings (SSSR count). The number of hydrogen-bond donors (Lipinski definition) is 2. The normalized spacial score (nSPS) is 11.0. The van der Waals surface area contributed by atoms with Gasteiger partial charge in [-0.3, -0.25) is 0 Å². The van der Waals surface area contributed by atoms with Crippen molar-refractivity contribution in [2.75, 3.05) is 0 Å². The highest BCUT2D eigenvalue weighted by molar-refractivity contribution is 7.70. The van der Waals surface area contributed by atoms with Gasteiger partial charge in [0.15, 0.2) is 0 Å². The molecule has 1 aromatic heterocycles. The first kappa shape index (κ1) is 14.5. The molecular weight excluding hydrogens is 298 g/mol. The lowest BCUT2D eigenvalue weighted by atomic mass is 10.1. The Morgan fingerprint density at radius 3 is 2.23 bits per heavy atom. The van der Waals surface area contributed by atoms with Crippen molar-refractivity contribution in [1.82, 2.24) is 14.5 Å². The zero-order chi connectivity index (χ0) is 15.4. The summed E-state index contributed by atoms with van der Waals surface area (Å²) in [4.78, 5) is 0. The molecule has 6 heteroatoms. The van der Waals surface area contributed by atoms with Gasteiger partial charge in [-0.2, -0.15) is 5.10 Å². The van der Waals surface area contributed by atoms with E-state index in [0.29, 0.717) is 5.69 Å². The maximum atomic E-state index is 10.7. The van der Waals surface area contributed by atoms with Crippen LogP contribution in [0.15, 0.2) is 66.7 Å². The summed E-state index contributed by atoms with van der Waals surface area (Å²) in [7, 11) is -2.63. The third-order valence-corrected chi connectivity index (χ3v) is 3.64. The first-order chi connectivity index (χ1) is 10.7. The van der Waals surface area contributed by atoms with E-state index < -0.39 is 10.9 Å². The third-order valence-electron chi connectivity index (χ3n) is 3.22. The average Bonchev–Trinajstić information content (AvgIpc) is 2.99. The molecule has 1 N–H and O–H groups in total. The fourth-order valence-electron chi connectivity index (χ4n) is 2.24. The monoisotopic (exact) mass is 313 g/mol. The van der Waals surface area contributed by atoms with Gasteiger partial charge >= 0.3 is 0 Å². The van der Waals surface area contributed by atoms with Gasteiger partial charge in [0, 0.05) is 5.56 Å². The summed E-state index contributed by atoms with van der Waals surface area (Å²) in [5, 5.41) is 4.52. The van der Waals surface area contributed by atoms with Gasteiger partial charge in [0.2, 0.25) is 10.9 Å². The van der Waals surface area contributed by atoms with Crippen LogP contribution in [0.3, 0.4) is 0 Å². The van der Waals surface area contributed by atoms with Crippen molar-refractivity contribution in [2.45, 2.75) is 6.54 Å². The van der Waals surface area contributed by atoms with Crippen molar-refractivity contribution in [3.8, 4) is 16.9 Å². The maximum Gasteiger partial charge on any atom is 0.201 e. The molecule has 0 aliphatic heterocycles. The van der Waals surface area contributed by atoms with Gasteiger partial charge in [-0.15, -0.1) is 0 Å². The van der Waals surface area contributed by atoms with Gasteiger partial charge in [-0.05, 0) is 18.2 Å². The maximum absolute atomic E-state index is 10.7. The number of hydrogen-bond acceptors (Lipinski definition) is 3. The van der Waals surface area contributed by atoms with Crippen molar-refractivity contribution in [2.24, 2.45) is 0 Å². The van der Waals surface area contributed by atoms with E-state index in [0.717, 1.165) is 16.9 Å². The molecule has 0 spiro atoms. The van der Waals surface area contributed by atoms with Crippen molar-refractivity contribution in [3.63, 3.8) is 0 Å². The van der Waals surface area contributed by atoms with Gasteiger partial charge < -0.3 is 0 Å². The second kappa shape index (κ2) is 6.55. The van der Waals surface area contributed by atoms with Crippen LogP contribution in [0, 0.1) is 0 Å². The smallest absolute Gasteiger partial charge is 0.201 e. The lowest BCUT2D eigenvalue weighted by molar-refractivity contribution is 0.600. The Hall–Kier alpha value is -2.44. The summed E-state index contributed by atoms with van der Waals surface area (Å²) in [6, 6.07) is 21.5. The van der Waals surface area contributed by atoms with E-state index in [1.807, 2.05) is 71.4 Å². The molecule has 0 amide bonds. The van der Waals surface area contributed by atoms with Crippen LogP contribution in [0.1, 0.15) is 5.69 Å². The number of aromatic nitrogens is 2. The predicted octanol–water partition coefficient (Wildman–Crippen LogP) is 2.16. The van der Waals surface area contributed by atoms with Crippen LogP contribution in [0.5, 0.6) is 0 Å². The third kappa shape index (κ3) is 3.24. The van der Waals surface area contributed by atoms with E-state index in [4.69, 9.17) is 0 Å². The summed E-state index contributed by atoms with van der Waals surface area (Å²) >= 11 is 0. The number of nitrogens with one attached hydrogen (secondary N) is 1. The minimum absolute atomic E-state index is 0.179. The van der Waals surface area contributed by atoms with Crippen molar-refractivity contribution in [1.29, 1.82) is 0 Å². The molecule has 0 radical (unpaired) electrons. The molecule has 112 valence electrons. The number of benzene rings is 2. The zero-order valence-corrected chi connectivity index (χ0v) is 12.6. The van der Waals surface area contributed by atoms with Gasteiger partial charge in [0.05, 0.1) is 23.6 Å². The summed E-state index contributed by atoms with van der Waals surface area (Å²) in [5.41, 5.74) is 3.54. The molecule has 2 aromatic carbocycles. The molecule has 5 nitrogen and oxygen atoms in total. The van der Waals surface area contributed by atoms with E-state index in [9.17, 15) is 8.42 Å². The summed E-state index contributed by atoms with van der Waals surface area (Å²) < 4.78 is 25.6. The SMILES string of the molecule is O=[SH](=O)NCc1cc(-c2ccccc2)n(-c2ccccc2)n1. The molecule has 1 heterocycles. The summed E-state index contributed by atoms with van der Waals surface area (Å²) in [6.45, 7) is 0.179. The molecule has 22 heavy (non-hydrogen) atoms. The highest BCUT2D eigenvalue weighted by atomic mass is 32.2. The van der Waals surface area contributed by atoms with Crippen LogP contribution in [0.2, 0.25) is 0 Å². The molecule has 0 bridgehead atoms. The number of rotatable bonds is 5. The molecule has 3 aromatic rings. The first-order valence-corrected chi connectivity index (χ1v) is 7.99. The van der Waals surface area contributed by atoms with E-state index in [1.165, 1.54) is 0 Å². The van der Waals surface area contributed by atoms with Crippen molar-refractivity contribution in [3.05, 3.63) is 72.4 Å². The van der Waals surface area contributed by atoms with Crippen LogP contribution in [-0.2, 0) is 17.4 Å². The van der Waals surface area contributed by atoms with Gasteiger partial charge in [0.25, 0.3) is 0 Å². The molecule has 0 saturated heterocycles. The van der Waals surface area contributed by atoms with Crippen LogP contribution in [-0.4, -0.2) is 18.2 Å². The Morgan fingerprint density at radius 1 is 0.955 bits per heavy atom. The van der Waals surface area contributed by atoms with Crippen molar-refractivity contribution >= 4 is 10.9 Å². The van der Waals surface area contributed by atoms with E-state index in [2.05, 4.69) is 9.82 Å². The minimum atomic E-state index is -2.63. The molecule has 0 fully saturated rings. The molecule has 0 aliphatic carbocycles. The highest BCUT2D eigenvalue weighted by Gasteiger charge is 2.11. The molecule has 0 saturated carbocycles. The van der Waals surface area contributed by atoms with Gasteiger partial charge in [0.1, 0.15) is 0 Å². The number of nitrogens with zero attached hydrogens (tertiary/aromatic N) is 2. The fourth-order valence-corrected chi connectivity index (χ4v) is 2.53. The van der Waals surface area contributed by atoms with Crippen LogP contribution in [0.4, 0.5) is 0 Å². The summed E-state index contributed by atoms with van der Waals surface area (Å²) in [6.07, 6.45) is 0. The van der Waals surface area contributed by atoms with Crippen LogP contribution < -0.4 is 4.72 Å². The molecule has 0 atom stereocenters. The van der Waals surface area contributed by atoms with E-state index in [-0.39, 0.29) is 6.54 Å². The second-order valence-electron chi connectivity index (χ2n) is 4.73. The molecular formula is C16H15N3O2S. The van der Waals surface area contributed by atoms with Gasteiger partial charge in [-0.25, -0.2) is 17.8 Å². The topological polar surface area (TPSA) is 64.0 Å². The molecule has 0 aliphatic rings. The van der Waals surface area contributed by atoms with Gasteiger partial charge in [-0.1, -0.05) is 48.5 Å². The first-order valence-electron chi connectivity index (χ1n) is 6.82. The second-order valence-corrected chi connectivity index (χ2v) is 5.56. The fraction of sp³-hybridized carbons (Fsp3) is 0.0625. The number of para-hydroxylation sites is 1. The lowest BCUT2D eigenvalue weighted by Crippen LogP contribution is -2.11. The lowest BCUT2D eigenvalue weighted by Gasteiger charge is -2.07. The van der Waals surface area contributed by atoms with E-state index >= 15 is 0 Å². The van der Waals surface area contributed by atoms with Crippen LogP contribution in [0.25, 0.3) is 16.9 Å². The van der Waals surface area contributed by atoms with E-state index in [1.54, 1.807) is 0 Å². The Balaban J connectivity index is 2.06. The molecule has 0 unspecified atom stereocenters. The number of thiol groups is 1. The Kier molecular flexibility index (Phi) is 4.32. The minimum Gasteiger partial charge on any atom is -0.233 e. The Labute approximate surface area is 130 Å². The van der Waals surface area contributed by atoms with Crippen molar-refractivity contribution < 1.29 is 8.42 Å².